The Morgan fingerprint density at radius 2 is 2.09 bits per heavy atom. The van der Waals surface area contributed by atoms with Gasteiger partial charge in [-0.25, -0.2) is 0 Å². The molecule has 0 amide bonds. The van der Waals surface area contributed by atoms with E-state index in [0.29, 0.717) is 0 Å². The largest absolute Gasteiger partial charge is 0.303 e. The fourth-order valence-electron chi connectivity index (χ4n) is 2.19. The molecule has 0 N–H and O–H groups in total. The van der Waals surface area contributed by atoms with Crippen LogP contribution in [-0.4, -0.2) is 24.5 Å². The van der Waals surface area contributed by atoms with Gasteiger partial charge in [0.2, 0.25) is 0 Å². The van der Waals surface area contributed by atoms with E-state index in [4.69, 9.17) is 0 Å². The Balaban J connectivity index is 1.72. The van der Waals surface area contributed by atoms with Gasteiger partial charge in [0.05, 0.1) is 0 Å². The monoisotopic (exact) mass is 153 g/mol. The molecule has 0 aromatic heterocycles. The van der Waals surface area contributed by atoms with Gasteiger partial charge in [0, 0.05) is 6.54 Å². The second kappa shape index (κ2) is 2.78. The van der Waals surface area contributed by atoms with Gasteiger partial charge in [-0.1, -0.05) is 13.3 Å². The minimum atomic E-state index is 0.841. The molecule has 1 aliphatic heterocycles. The first-order valence-electron chi connectivity index (χ1n) is 5.07. The highest BCUT2D eigenvalue weighted by Gasteiger charge is 2.47. The number of hydrogen-bond donors (Lipinski definition) is 0. The maximum Gasteiger partial charge on any atom is 0.00385 e. The van der Waals surface area contributed by atoms with Crippen LogP contribution >= 0.6 is 0 Å². The van der Waals surface area contributed by atoms with Crippen molar-refractivity contribution in [3.05, 3.63) is 0 Å². The van der Waals surface area contributed by atoms with Crippen molar-refractivity contribution in [1.82, 2.24) is 4.90 Å². The van der Waals surface area contributed by atoms with Crippen LogP contribution in [0.1, 0.15) is 39.0 Å². The van der Waals surface area contributed by atoms with Crippen molar-refractivity contribution >= 4 is 0 Å². The summed E-state index contributed by atoms with van der Waals surface area (Å²) in [5.74, 6) is 0. The fraction of sp³-hybridized carbons (Fsp3) is 1.00. The van der Waals surface area contributed by atoms with Gasteiger partial charge in [0.15, 0.2) is 0 Å². The summed E-state index contributed by atoms with van der Waals surface area (Å²) in [4.78, 5) is 2.66. The Bertz CT molecular complexity index is 138. The van der Waals surface area contributed by atoms with Gasteiger partial charge in [-0.05, 0) is 44.2 Å². The van der Waals surface area contributed by atoms with Crippen LogP contribution in [0, 0.1) is 5.41 Å². The summed E-state index contributed by atoms with van der Waals surface area (Å²) < 4.78 is 0. The van der Waals surface area contributed by atoms with E-state index >= 15 is 0 Å². The molecule has 0 aromatic carbocycles. The maximum absolute atomic E-state index is 2.66. The summed E-state index contributed by atoms with van der Waals surface area (Å²) in [7, 11) is 0. The van der Waals surface area contributed by atoms with Gasteiger partial charge >= 0.3 is 0 Å². The van der Waals surface area contributed by atoms with E-state index in [0.717, 1.165) is 5.41 Å². The molecule has 1 heteroatoms. The molecule has 0 radical (unpaired) electrons. The molecule has 2 rings (SSSR count). The molecule has 2 aliphatic rings. The summed E-state index contributed by atoms with van der Waals surface area (Å²) >= 11 is 0. The number of likely N-dealkylation sites (tertiary alicyclic amines) is 1. The Morgan fingerprint density at radius 1 is 1.27 bits per heavy atom. The van der Waals surface area contributed by atoms with E-state index in [-0.39, 0.29) is 0 Å². The number of unbranched alkanes of at least 4 members (excludes halogenated alkanes) is 1. The van der Waals surface area contributed by atoms with Crippen LogP contribution in [0.3, 0.4) is 0 Å². The highest BCUT2D eigenvalue weighted by atomic mass is 15.2. The second-order valence-electron chi connectivity index (χ2n) is 4.38. The first kappa shape index (κ1) is 7.60. The van der Waals surface area contributed by atoms with Crippen molar-refractivity contribution in [1.29, 1.82) is 0 Å². The summed E-state index contributed by atoms with van der Waals surface area (Å²) in [6, 6.07) is 0. The van der Waals surface area contributed by atoms with E-state index in [1.807, 2.05) is 0 Å². The van der Waals surface area contributed by atoms with Crippen molar-refractivity contribution in [3.63, 3.8) is 0 Å². The van der Waals surface area contributed by atoms with E-state index in [2.05, 4.69) is 11.8 Å². The molecule has 1 heterocycles. The van der Waals surface area contributed by atoms with Crippen molar-refractivity contribution in [2.75, 3.05) is 19.6 Å². The van der Waals surface area contributed by atoms with Crippen LogP contribution in [0.4, 0.5) is 0 Å². The fourth-order valence-corrected chi connectivity index (χ4v) is 2.19. The molecule has 1 saturated carbocycles. The lowest BCUT2D eigenvalue weighted by Crippen LogP contribution is -2.21. The second-order valence-corrected chi connectivity index (χ2v) is 4.38. The first-order chi connectivity index (χ1) is 5.35. The topological polar surface area (TPSA) is 3.24 Å². The Kier molecular flexibility index (Phi) is 1.92. The van der Waals surface area contributed by atoms with Crippen LogP contribution in [0.2, 0.25) is 0 Å². The van der Waals surface area contributed by atoms with Gasteiger partial charge in [0.1, 0.15) is 0 Å². The molecule has 1 saturated heterocycles. The third-order valence-electron chi connectivity index (χ3n) is 3.30. The normalized spacial score (nSPS) is 28.1. The van der Waals surface area contributed by atoms with Crippen LogP contribution in [0.15, 0.2) is 0 Å². The quantitative estimate of drug-likeness (QED) is 0.601. The summed E-state index contributed by atoms with van der Waals surface area (Å²) in [5, 5.41) is 0. The molecule has 1 spiro atoms. The zero-order chi connectivity index (χ0) is 7.73. The molecule has 2 fully saturated rings. The van der Waals surface area contributed by atoms with E-state index < -0.39 is 0 Å². The number of nitrogens with zero attached hydrogens (tertiary/aromatic N) is 1. The van der Waals surface area contributed by atoms with Crippen molar-refractivity contribution in [3.8, 4) is 0 Å². The lowest BCUT2D eigenvalue weighted by atomic mass is 10.1. The number of rotatable bonds is 3. The molecule has 1 nitrogen and oxygen atoms in total. The van der Waals surface area contributed by atoms with Crippen molar-refractivity contribution in [2.45, 2.75) is 39.0 Å². The third-order valence-corrected chi connectivity index (χ3v) is 3.30. The molecule has 0 aromatic rings. The molecule has 0 unspecified atom stereocenters. The minimum Gasteiger partial charge on any atom is -0.303 e. The van der Waals surface area contributed by atoms with Gasteiger partial charge < -0.3 is 4.90 Å². The van der Waals surface area contributed by atoms with Crippen LogP contribution in [0.25, 0.3) is 0 Å². The van der Waals surface area contributed by atoms with Crippen LogP contribution in [-0.2, 0) is 0 Å². The van der Waals surface area contributed by atoms with Gasteiger partial charge in [-0.15, -0.1) is 0 Å². The highest BCUT2D eigenvalue weighted by molar-refractivity contribution is 5.00. The highest BCUT2D eigenvalue weighted by Crippen LogP contribution is 2.52. The lowest BCUT2D eigenvalue weighted by molar-refractivity contribution is 0.314. The molecule has 0 atom stereocenters. The third kappa shape index (κ3) is 1.58. The van der Waals surface area contributed by atoms with Gasteiger partial charge in [-0.3, -0.25) is 0 Å². The SMILES string of the molecule is CCCCN1CCC2(CC2)C1. The maximum atomic E-state index is 2.66. The smallest absolute Gasteiger partial charge is 0.00385 e. The Labute approximate surface area is 69.8 Å². The first-order valence-corrected chi connectivity index (χ1v) is 5.07. The van der Waals surface area contributed by atoms with Crippen LogP contribution in [0.5, 0.6) is 0 Å². The zero-order valence-corrected chi connectivity index (χ0v) is 7.60. The number of hydrogen-bond acceptors (Lipinski definition) is 1. The molecule has 11 heavy (non-hydrogen) atoms. The predicted molar refractivity (Wildman–Crippen MR) is 47.6 cm³/mol. The average Bonchev–Trinajstić information content (AvgIpc) is 2.61. The molecular formula is C10H19N. The standard InChI is InChI=1S/C10H19N/c1-2-3-7-11-8-6-10(9-11)4-5-10/h2-9H2,1H3. The van der Waals surface area contributed by atoms with Gasteiger partial charge in [0.25, 0.3) is 0 Å². The minimum absolute atomic E-state index is 0.841. The van der Waals surface area contributed by atoms with E-state index in [1.54, 1.807) is 0 Å². The Morgan fingerprint density at radius 3 is 2.64 bits per heavy atom. The van der Waals surface area contributed by atoms with Crippen LogP contribution < -0.4 is 0 Å². The van der Waals surface area contributed by atoms with E-state index in [9.17, 15) is 0 Å². The average molecular weight is 153 g/mol. The molecule has 1 aliphatic carbocycles. The summed E-state index contributed by atoms with van der Waals surface area (Å²) in [6.45, 7) is 6.45. The van der Waals surface area contributed by atoms with E-state index in [1.165, 1.54) is 51.7 Å². The predicted octanol–water partition coefficient (Wildman–Crippen LogP) is 2.27. The van der Waals surface area contributed by atoms with Gasteiger partial charge in [-0.2, -0.15) is 0 Å². The molecule has 64 valence electrons. The van der Waals surface area contributed by atoms with Crippen molar-refractivity contribution in [2.24, 2.45) is 5.41 Å². The summed E-state index contributed by atoms with van der Waals surface area (Å²) in [6.07, 6.45) is 7.29. The molecule has 0 bridgehead atoms. The Hall–Kier alpha value is -0.0400. The van der Waals surface area contributed by atoms with Crippen molar-refractivity contribution < 1.29 is 0 Å². The summed E-state index contributed by atoms with van der Waals surface area (Å²) in [5.41, 5.74) is 0.841. The lowest BCUT2D eigenvalue weighted by Gasteiger charge is -2.14. The molecular weight excluding hydrogens is 134 g/mol. The zero-order valence-electron chi connectivity index (χ0n) is 7.60.